The molecule has 0 aliphatic carbocycles. The molecule has 0 amide bonds. The SMILES string of the molecule is COc1cccc(-c2cc3c(N[C@H](C)c4ccccc4)ncnc3s2)c1OC. The van der Waals surface area contributed by atoms with Gasteiger partial charge in [0.05, 0.1) is 19.6 Å². The molecule has 4 rings (SSSR count). The lowest BCUT2D eigenvalue weighted by molar-refractivity contribution is 0.356. The van der Waals surface area contributed by atoms with Crippen LogP contribution in [0, 0.1) is 0 Å². The highest BCUT2D eigenvalue weighted by Gasteiger charge is 2.17. The van der Waals surface area contributed by atoms with E-state index >= 15 is 0 Å². The Hall–Kier alpha value is -3.12. The first-order valence-electron chi connectivity index (χ1n) is 8.98. The van der Waals surface area contributed by atoms with E-state index in [-0.39, 0.29) is 6.04 Å². The van der Waals surface area contributed by atoms with E-state index in [1.54, 1.807) is 31.9 Å². The Balaban J connectivity index is 1.74. The van der Waals surface area contributed by atoms with E-state index in [0.717, 1.165) is 32.2 Å². The van der Waals surface area contributed by atoms with Crippen molar-refractivity contribution in [3.05, 3.63) is 66.5 Å². The van der Waals surface area contributed by atoms with Crippen LogP contribution in [-0.2, 0) is 0 Å². The third-order valence-electron chi connectivity index (χ3n) is 4.65. The van der Waals surface area contributed by atoms with Crippen LogP contribution < -0.4 is 14.8 Å². The third kappa shape index (κ3) is 3.39. The van der Waals surface area contributed by atoms with Gasteiger partial charge in [0.15, 0.2) is 11.5 Å². The molecule has 0 saturated carbocycles. The van der Waals surface area contributed by atoms with Gasteiger partial charge in [-0.1, -0.05) is 36.4 Å². The van der Waals surface area contributed by atoms with Gasteiger partial charge < -0.3 is 14.8 Å². The van der Waals surface area contributed by atoms with E-state index in [9.17, 15) is 0 Å². The average molecular weight is 391 g/mol. The number of aromatic nitrogens is 2. The smallest absolute Gasteiger partial charge is 0.169 e. The molecule has 2 aromatic carbocycles. The lowest BCUT2D eigenvalue weighted by atomic mass is 10.1. The minimum absolute atomic E-state index is 0.133. The van der Waals surface area contributed by atoms with E-state index in [4.69, 9.17) is 9.47 Å². The Labute approximate surface area is 168 Å². The van der Waals surface area contributed by atoms with Gasteiger partial charge in [0.25, 0.3) is 0 Å². The minimum Gasteiger partial charge on any atom is -0.493 e. The van der Waals surface area contributed by atoms with Gasteiger partial charge in [0.1, 0.15) is 17.0 Å². The molecule has 0 unspecified atom stereocenters. The lowest BCUT2D eigenvalue weighted by Gasteiger charge is -2.15. The van der Waals surface area contributed by atoms with Crippen molar-refractivity contribution in [2.24, 2.45) is 0 Å². The first kappa shape index (κ1) is 18.3. The van der Waals surface area contributed by atoms with Crippen molar-refractivity contribution in [1.29, 1.82) is 0 Å². The summed E-state index contributed by atoms with van der Waals surface area (Å²) in [5, 5.41) is 4.51. The summed E-state index contributed by atoms with van der Waals surface area (Å²) in [6.07, 6.45) is 1.60. The maximum Gasteiger partial charge on any atom is 0.169 e. The molecule has 4 aromatic rings. The molecular weight excluding hydrogens is 370 g/mol. The molecule has 5 nitrogen and oxygen atoms in total. The second kappa shape index (κ2) is 7.86. The number of nitrogens with zero attached hydrogens (tertiary/aromatic N) is 2. The van der Waals surface area contributed by atoms with Crippen LogP contribution >= 0.6 is 11.3 Å². The van der Waals surface area contributed by atoms with Crippen LogP contribution in [0.4, 0.5) is 5.82 Å². The van der Waals surface area contributed by atoms with Crippen LogP contribution in [0.25, 0.3) is 20.7 Å². The van der Waals surface area contributed by atoms with Gasteiger partial charge in [0, 0.05) is 16.5 Å². The maximum absolute atomic E-state index is 5.60. The average Bonchev–Trinajstić information content (AvgIpc) is 3.19. The monoisotopic (exact) mass is 391 g/mol. The van der Waals surface area contributed by atoms with Crippen molar-refractivity contribution in [2.75, 3.05) is 19.5 Å². The number of benzene rings is 2. The molecule has 6 heteroatoms. The number of para-hydroxylation sites is 1. The number of ether oxygens (including phenoxy) is 2. The van der Waals surface area contributed by atoms with Crippen LogP contribution in [0.5, 0.6) is 11.5 Å². The summed E-state index contributed by atoms with van der Waals surface area (Å²) >= 11 is 1.61. The molecule has 2 aromatic heterocycles. The fourth-order valence-corrected chi connectivity index (χ4v) is 4.24. The Morgan fingerprint density at radius 2 is 1.79 bits per heavy atom. The Morgan fingerprint density at radius 3 is 2.54 bits per heavy atom. The second-order valence-electron chi connectivity index (χ2n) is 6.37. The number of hydrogen-bond acceptors (Lipinski definition) is 6. The molecule has 1 atom stereocenters. The van der Waals surface area contributed by atoms with Gasteiger partial charge >= 0.3 is 0 Å². The van der Waals surface area contributed by atoms with Crippen molar-refractivity contribution in [3.63, 3.8) is 0 Å². The molecule has 2 heterocycles. The molecule has 142 valence electrons. The number of fused-ring (bicyclic) bond motifs is 1. The van der Waals surface area contributed by atoms with E-state index in [1.165, 1.54) is 5.56 Å². The lowest BCUT2D eigenvalue weighted by Crippen LogP contribution is -2.08. The van der Waals surface area contributed by atoms with Gasteiger partial charge in [-0.3, -0.25) is 0 Å². The fraction of sp³-hybridized carbons (Fsp3) is 0.182. The predicted octanol–water partition coefficient (Wildman–Crippen LogP) is 5.55. The van der Waals surface area contributed by atoms with E-state index in [0.29, 0.717) is 5.75 Å². The van der Waals surface area contributed by atoms with Crippen molar-refractivity contribution in [1.82, 2.24) is 9.97 Å². The third-order valence-corrected chi connectivity index (χ3v) is 5.73. The largest absolute Gasteiger partial charge is 0.493 e. The van der Waals surface area contributed by atoms with Crippen molar-refractivity contribution >= 4 is 27.4 Å². The summed E-state index contributed by atoms with van der Waals surface area (Å²) in [6.45, 7) is 2.13. The highest BCUT2D eigenvalue weighted by atomic mass is 32.1. The molecule has 0 aliphatic heterocycles. The first-order chi connectivity index (χ1) is 13.7. The summed E-state index contributed by atoms with van der Waals surface area (Å²) in [6, 6.07) is 18.4. The van der Waals surface area contributed by atoms with E-state index in [1.807, 2.05) is 36.4 Å². The second-order valence-corrected chi connectivity index (χ2v) is 7.40. The van der Waals surface area contributed by atoms with Crippen LogP contribution in [0.1, 0.15) is 18.5 Å². The van der Waals surface area contributed by atoms with Crippen molar-refractivity contribution in [3.8, 4) is 21.9 Å². The molecule has 0 saturated heterocycles. The summed E-state index contributed by atoms with van der Waals surface area (Å²) in [5.74, 6) is 2.25. The number of rotatable bonds is 6. The Kier molecular flexibility index (Phi) is 5.12. The molecule has 0 aliphatic rings. The summed E-state index contributed by atoms with van der Waals surface area (Å²) in [7, 11) is 3.30. The van der Waals surface area contributed by atoms with Gasteiger partial charge in [-0.05, 0) is 30.7 Å². The maximum atomic E-state index is 5.60. The zero-order valence-corrected chi connectivity index (χ0v) is 16.8. The highest BCUT2D eigenvalue weighted by molar-refractivity contribution is 7.22. The van der Waals surface area contributed by atoms with Crippen molar-refractivity contribution in [2.45, 2.75) is 13.0 Å². The van der Waals surface area contributed by atoms with Crippen LogP contribution in [0.15, 0.2) is 60.9 Å². The normalized spacial score (nSPS) is 12.0. The van der Waals surface area contributed by atoms with E-state index < -0.39 is 0 Å². The molecule has 1 N–H and O–H groups in total. The van der Waals surface area contributed by atoms with Gasteiger partial charge in [0.2, 0.25) is 0 Å². The summed E-state index contributed by atoms with van der Waals surface area (Å²) < 4.78 is 11.0. The number of anilines is 1. The highest BCUT2D eigenvalue weighted by Crippen LogP contribution is 2.43. The standard InChI is InChI=1S/C22H21N3O2S/c1-14(15-8-5-4-6-9-15)25-21-17-12-19(28-22(17)24-13-23-21)16-10-7-11-18(26-2)20(16)27-3/h4-14H,1-3H3,(H,23,24,25)/t14-/m1/s1. The van der Waals surface area contributed by atoms with Crippen LogP contribution in [0.2, 0.25) is 0 Å². The summed E-state index contributed by atoms with van der Waals surface area (Å²) in [4.78, 5) is 10.9. The Bertz CT molecular complexity index is 1100. The zero-order valence-electron chi connectivity index (χ0n) is 16.0. The van der Waals surface area contributed by atoms with E-state index in [2.05, 4.69) is 40.4 Å². The molecule has 0 spiro atoms. The molecular formula is C22H21N3O2S. The minimum atomic E-state index is 0.133. The number of thiophene rings is 1. The van der Waals surface area contributed by atoms with Gasteiger partial charge in [-0.2, -0.15) is 0 Å². The van der Waals surface area contributed by atoms with Gasteiger partial charge in [-0.25, -0.2) is 9.97 Å². The predicted molar refractivity (Wildman–Crippen MR) is 114 cm³/mol. The topological polar surface area (TPSA) is 56.3 Å². The number of methoxy groups -OCH3 is 2. The molecule has 0 radical (unpaired) electrons. The van der Waals surface area contributed by atoms with Crippen LogP contribution in [0.3, 0.4) is 0 Å². The molecule has 0 bridgehead atoms. The first-order valence-corrected chi connectivity index (χ1v) is 9.80. The summed E-state index contributed by atoms with van der Waals surface area (Å²) in [5.41, 5.74) is 2.19. The van der Waals surface area contributed by atoms with Crippen LogP contribution in [-0.4, -0.2) is 24.2 Å². The van der Waals surface area contributed by atoms with Gasteiger partial charge in [-0.15, -0.1) is 11.3 Å². The van der Waals surface area contributed by atoms with Crippen molar-refractivity contribution < 1.29 is 9.47 Å². The molecule has 0 fully saturated rings. The fourth-order valence-electron chi connectivity index (χ4n) is 3.21. The Morgan fingerprint density at radius 1 is 0.964 bits per heavy atom. The number of hydrogen-bond donors (Lipinski definition) is 1. The quantitative estimate of drug-likeness (QED) is 0.467. The number of nitrogens with one attached hydrogen (secondary N) is 1. The zero-order chi connectivity index (χ0) is 19.5. The molecule has 28 heavy (non-hydrogen) atoms.